The molecule has 0 radical (unpaired) electrons. The van der Waals surface area contributed by atoms with Gasteiger partial charge in [0.1, 0.15) is 5.01 Å². The third-order valence-electron chi connectivity index (χ3n) is 4.50. The number of carbonyl (C=O) groups is 1. The Kier molecular flexibility index (Phi) is 5.80. The number of nitrogens with two attached hydrogens (primary N) is 1. The first kappa shape index (κ1) is 20.4. The van der Waals surface area contributed by atoms with Crippen molar-refractivity contribution in [3.63, 3.8) is 0 Å². The summed E-state index contributed by atoms with van der Waals surface area (Å²) in [4.78, 5) is 19.0. The van der Waals surface area contributed by atoms with Gasteiger partial charge in [-0.05, 0) is 50.7 Å². The van der Waals surface area contributed by atoms with Gasteiger partial charge in [-0.2, -0.15) is 0 Å². The van der Waals surface area contributed by atoms with E-state index in [2.05, 4.69) is 10.3 Å². The molecule has 3 N–H and O–H groups in total. The van der Waals surface area contributed by atoms with E-state index < -0.39 is 10.0 Å². The van der Waals surface area contributed by atoms with Crippen molar-refractivity contribution in [2.45, 2.75) is 24.8 Å². The predicted molar refractivity (Wildman–Crippen MR) is 112 cm³/mol. The molecule has 3 aromatic rings. The highest BCUT2D eigenvalue weighted by Crippen LogP contribution is 2.28. The van der Waals surface area contributed by atoms with Crippen LogP contribution in [0.25, 0.3) is 10.2 Å². The fourth-order valence-electron chi connectivity index (χ4n) is 2.81. The molecular formula is C19H22N4O3S2. The van der Waals surface area contributed by atoms with Gasteiger partial charge in [0.2, 0.25) is 15.9 Å². The number of benzene rings is 2. The van der Waals surface area contributed by atoms with Gasteiger partial charge in [0, 0.05) is 5.69 Å². The molecule has 1 unspecified atom stereocenters. The summed E-state index contributed by atoms with van der Waals surface area (Å²) in [6, 6.07) is 12.5. The van der Waals surface area contributed by atoms with Crippen LogP contribution >= 0.6 is 11.3 Å². The van der Waals surface area contributed by atoms with Gasteiger partial charge in [0.15, 0.2) is 0 Å². The number of hydrogen-bond donors (Lipinski definition) is 2. The lowest BCUT2D eigenvalue weighted by molar-refractivity contribution is -0.117. The lowest BCUT2D eigenvalue weighted by Crippen LogP contribution is -2.32. The van der Waals surface area contributed by atoms with Crippen LogP contribution in [-0.4, -0.2) is 37.8 Å². The minimum atomic E-state index is -3.85. The number of rotatable bonds is 6. The first-order valence-corrected chi connectivity index (χ1v) is 11.0. The molecule has 1 aromatic heterocycles. The smallest absolute Gasteiger partial charge is 0.238 e. The second-order valence-electron chi connectivity index (χ2n) is 6.68. The topological polar surface area (TPSA) is 105 Å². The number of thiazole rings is 1. The normalized spacial score (nSPS) is 13.0. The Balaban J connectivity index is 1.69. The summed E-state index contributed by atoms with van der Waals surface area (Å²) in [5, 5.41) is 8.88. The molecule has 28 heavy (non-hydrogen) atoms. The summed E-state index contributed by atoms with van der Waals surface area (Å²) in [6.07, 6.45) is 0. The number of anilines is 1. The Morgan fingerprint density at radius 1 is 1.29 bits per heavy atom. The molecule has 1 amide bonds. The highest BCUT2D eigenvalue weighted by Gasteiger charge is 2.19. The maximum Gasteiger partial charge on any atom is 0.238 e. The number of hydrogen-bond acceptors (Lipinski definition) is 6. The van der Waals surface area contributed by atoms with Crippen LogP contribution in [0.2, 0.25) is 0 Å². The number of para-hydroxylation sites is 1. The standard InChI is InChI=1S/C19H22N4O3S2/c1-12-8-9-14(10-17(12)28(20,25)26)21-18(24)11-23(3)13(2)19-22-15-6-4-5-7-16(15)27-19/h4-10,13H,11H2,1-3H3,(H,21,24)(H2,20,25,26). The van der Waals surface area contributed by atoms with Crippen molar-refractivity contribution in [3.05, 3.63) is 53.0 Å². The molecule has 0 bridgehead atoms. The second-order valence-corrected chi connectivity index (χ2v) is 9.28. The highest BCUT2D eigenvalue weighted by atomic mass is 32.2. The van der Waals surface area contributed by atoms with E-state index in [9.17, 15) is 13.2 Å². The molecule has 0 saturated carbocycles. The Bertz CT molecular complexity index is 1090. The molecule has 1 heterocycles. The molecule has 0 aliphatic rings. The van der Waals surface area contributed by atoms with E-state index in [0.717, 1.165) is 15.2 Å². The minimum Gasteiger partial charge on any atom is -0.325 e. The van der Waals surface area contributed by atoms with Crippen LogP contribution in [0.5, 0.6) is 0 Å². The first-order chi connectivity index (χ1) is 13.1. The van der Waals surface area contributed by atoms with Gasteiger partial charge in [-0.3, -0.25) is 9.69 Å². The molecule has 148 valence electrons. The van der Waals surface area contributed by atoms with Gasteiger partial charge < -0.3 is 5.32 Å². The molecule has 0 spiro atoms. The molecule has 9 heteroatoms. The SMILES string of the molecule is Cc1ccc(NC(=O)CN(C)C(C)c2nc3ccccc3s2)cc1S(N)(=O)=O. The van der Waals surface area contributed by atoms with Crippen molar-refractivity contribution >= 4 is 43.2 Å². The van der Waals surface area contributed by atoms with Crippen LogP contribution in [0.4, 0.5) is 5.69 Å². The molecule has 1 atom stereocenters. The van der Waals surface area contributed by atoms with Gasteiger partial charge in [-0.15, -0.1) is 11.3 Å². The summed E-state index contributed by atoms with van der Waals surface area (Å²) in [7, 11) is -2.00. The van der Waals surface area contributed by atoms with Crippen molar-refractivity contribution in [2.24, 2.45) is 5.14 Å². The fourth-order valence-corrected chi connectivity index (χ4v) is 4.70. The number of likely N-dealkylation sites (N-methyl/N-ethyl adjacent to an activating group) is 1. The predicted octanol–water partition coefficient (Wildman–Crippen LogP) is 2.88. The average Bonchev–Trinajstić information content (AvgIpc) is 3.05. The van der Waals surface area contributed by atoms with E-state index in [-0.39, 0.29) is 23.4 Å². The molecule has 0 saturated heterocycles. The summed E-state index contributed by atoms with van der Waals surface area (Å²) < 4.78 is 24.4. The van der Waals surface area contributed by atoms with E-state index in [1.807, 2.05) is 43.1 Å². The number of primary sulfonamides is 1. The zero-order chi connectivity index (χ0) is 20.5. The fraction of sp³-hybridized carbons (Fsp3) is 0.263. The van der Waals surface area contributed by atoms with Gasteiger partial charge in [-0.1, -0.05) is 18.2 Å². The van der Waals surface area contributed by atoms with Crippen molar-refractivity contribution in [3.8, 4) is 0 Å². The number of nitrogens with one attached hydrogen (secondary N) is 1. The van der Waals surface area contributed by atoms with Crippen molar-refractivity contribution in [2.75, 3.05) is 18.9 Å². The minimum absolute atomic E-state index is 0.00139. The molecular weight excluding hydrogens is 396 g/mol. The van der Waals surface area contributed by atoms with Crippen LogP contribution in [0.1, 0.15) is 23.5 Å². The number of carbonyl (C=O) groups excluding carboxylic acids is 1. The second kappa shape index (κ2) is 7.96. The first-order valence-electron chi connectivity index (χ1n) is 8.64. The Labute approximate surface area is 168 Å². The van der Waals surface area contributed by atoms with Crippen molar-refractivity contribution < 1.29 is 13.2 Å². The number of amides is 1. The zero-order valence-corrected chi connectivity index (χ0v) is 17.5. The molecule has 7 nitrogen and oxygen atoms in total. The van der Waals surface area contributed by atoms with E-state index in [4.69, 9.17) is 5.14 Å². The summed E-state index contributed by atoms with van der Waals surface area (Å²) in [5.41, 5.74) is 1.87. The van der Waals surface area contributed by atoms with Crippen molar-refractivity contribution in [1.29, 1.82) is 0 Å². The van der Waals surface area contributed by atoms with Crippen LogP contribution < -0.4 is 10.5 Å². The van der Waals surface area contributed by atoms with Gasteiger partial charge in [-0.25, -0.2) is 18.5 Å². The van der Waals surface area contributed by atoms with Crippen LogP contribution in [0.15, 0.2) is 47.4 Å². The quantitative estimate of drug-likeness (QED) is 0.640. The Hall–Kier alpha value is -2.33. The van der Waals surface area contributed by atoms with Crippen molar-refractivity contribution in [1.82, 2.24) is 9.88 Å². The van der Waals surface area contributed by atoms with E-state index in [0.29, 0.717) is 11.3 Å². The number of fused-ring (bicyclic) bond motifs is 1. The molecule has 0 fully saturated rings. The third-order valence-corrected chi connectivity index (χ3v) is 6.76. The Morgan fingerprint density at radius 2 is 2.00 bits per heavy atom. The zero-order valence-electron chi connectivity index (χ0n) is 15.8. The molecule has 0 aliphatic heterocycles. The van der Waals surface area contributed by atoms with Crippen LogP contribution in [-0.2, 0) is 14.8 Å². The van der Waals surface area contributed by atoms with E-state index in [1.165, 1.54) is 6.07 Å². The largest absolute Gasteiger partial charge is 0.325 e. The van der Waals surface area contributed by atoms with Gasteiger partial charge in [0.05, 0.1) is 27.7 Å². The number of aromatic nitrogens is 1. The number of nitrogens with zero attached hydrogens (tertiary/aromatic N) is 2. The Morgan fingerprint density at radius 3 is 2.68 bits per heavy atom. The van der Waals surface area contributed by atoms with Crippen LogP contribution in [0, 0.1) is 6.92 Å². The molecule has 2 aromatic carbocycles. The summed E-state index contributed by atoms with van der Waals surface area (Å²) >= 11 is 1.61. The van der Waals surface area contributed by atoms with Gasteiger partial charge >= 0.3 is 0 Å². The van der Waals surface area contributed by atoms with Gasteiger partial charge in [0.25, 0.3) is 0 Å². The van der Waals surface area contributed by atoms with Crippen LogP contribution in [0.3, 0.4) is 0 Å². The molecule has 0 aliphatic carbocycles. The maximum absolute atomic E-state index is 12.4. The van der Waals surface area contributed by atoms with E-state index >= 15 is 0 Å². The highest BCUT2D eigenvalue weighted by molar-refractivity contribution is 7.89. The maximum atomic E-state index is 12.4. The summed E-state index contributed by atoms with van der Waals surface area (Å²) in [6.45, 7) is 3.78. The lowest BCUT2D eigenvalue weighted by atomic mass is 10.2. The number of sulfonamides is 1. The monoisotopic (exact) mass is 418 g/mol. The average molecular weight is 419 g/mol. The third kappa shape index (κ3) is 4.56. The number of aryl methyl sites for hydroxylation is 1. The molecule has 3 rings (SSSR count). The summed E-state index contributed by atoms with van der Waals surface area (Å²) in [5.74, 6) is -0.250. The van der Waals surface area contributed by atoms with E-state index in [1.54, 1.807) is 30.4 Å². The lowest BCUT2D eigenvalue weighted by Gasteiger charge is -2.22.